The first-order chi connectivity index (χ1) is 9.70. The molecule has 1 heterocycles. The van der Waals surface area contributed by atoms with Gasteiger partial charge in [-0.1, -0.05) is 0 Å². The highest BCUT2D eigenvalue weighted by Crippen LogP contribution is 2.38. The molecule has 118 valence electrons. The summed E-state index contributed by atoms with van der Waals surface area (Å²) in [6.07, 6.45) is -8.72. The van der Waals surface area contributed by atoms with Gasteiger partial charge in [0.2, 0.25) is 5.88 Å². The molecule has 0 atom stereocenters. The maximum Gasteiger partial charge on any atom is 0.421 e. The molecule has 0 aromatic carbocycles. The molecular formula is C12H12F5NO3. The normalized spacial score (nSPS) is 11.6. The molecule has 0 amide bonds. The van der Waals surface area contributed by atoms with E-state index in [1.54, 1.807) is 0 Å². The van der Waals surface area contributed by atoms with Crippen molar-refractivity contribution < 1.29 is 36.2 Å². The molecule has 0 N–H and O–H groups in total. The van der Waals surface area contributed by atoms with Crippen molar-refractivity contribution in [1.29, 1.82) is 0 Å². The van der Waals surface area contributed by atoms with Crippen LogP contribution in [0.15, 0.2) is 6.07 Å². The van der Waals surface area contributed by atoms with Crippen molar-refractivity contribution in [3.8, 4) is 5.88 Å². The van der Waals surface area contributed by atoms with Gasteiger partial charge in [-0.25, -0.2) is 13.8 Å². The molecule has 0 saturated carbocycles. The quantitative estimate of drug-likeness (QED) is 0.619. The summed E-state index contributed by atoms with van der Waals surface area (Å²) in [5.74, 6) is -1.88. The molecule has 0 saturated heterocycles. The van der Waals surface area contributed by atoms with Gasteiger partial charge in [0.25, 0.3) is 6.43 Å². The number of ether oxygens (including phenoxy) is 2. The van der Waals surface area contributed by atoms with Crippen molar-refractivity contribution in [3.05, 3.63) is 22.9 Å². The molecule has 21 heavy (non-hydrogen) atoms. The molecule has 4 nitrogen and oxygen atoms in total. The fraction of sp³-hybridized carbons (Fsp3) is 0.500. The van der Waals surface area contributed by atoms with Gasteiger partial charge in [-0.2, -0.15) is 13.2 Å². The largest absolute Gasteiger partial charge is 0.481 e. The summed E-state index contributed by atoms with van der Waals surface area (Å²) in [6.45, 7) is 1.47. The molecule has 0 aliphatic carbocycles. The first-order valence-electron chi connectivity index (χ1n) is 5.79. The van der Waals surface area contributed by atoms with Crippen molar-refractivity contribution in [2.75, 3.05) is 13.7 Å². The minimum atomic E-state index is -4.84. The van der Waals surface area contributed by atoms with Crippen molar-refractivity contribution >= 4 is 5.97 Å². The molecule has 0 aliphatic rings. The Bertz CT molecular complexity index is 516. The van der Waals surface area contributed by atoms with Crippen LogP contribution in [0.4, 0.5) is 22.0 Å². The highest BCUT2D eigenvalue weighted by molar-refractivity contribution is 5.73. The minimum Gasteiger partial charge on any atom is -0.481 e. The summed E-state index contributed by atoms with van der Waals surface area (Å²) in [5, 5.41) is 0. The van der Waals surface area contributed by atoms with E-state index in [2.05, 4.69) is 14.5 Å². The van der Waals surface area contributed by atoms with E-state index in [1.807, 2.05) is 0 Å². The third-order valence-electron chi connectivity index (χ3n) is 2.45. The molecule has 0 bridgehead atoms. The van der Waals surface area contributed by atoms with Crippen molar-refractivity contribution in [2.45, 2.75) is 25.9 Å². The van der Waals surface area contributed by atoms with Gasteiger partial charge in [0, 0.05) is 0 Å². The number of esters is 1. The zero-order valence-corrected chi connectivity index (χ0v) is 11.1. The molecule has 0 fully saturated rings. The minimum absolute atomic E-state index is 0.0153. The van der Waals surface area contributed by atoms with Crippen LogP contribution in [0.5, 0.6) is 5.88 Å². The molecule has 0 radical (unpaired) electrons. The summed E-state index contributed by atoms with van der Waals surface area (Å²) in [6, 6.07) is 0.435. The Morgan fingerprint density at radius 3 is 2.43 bits per heavy atom. The summed E-state index contributed by atoms with van der Waals surface area (Å²) >= 11 is 0. The van der Waals surface area contributed by atoms with Crippen LogP contribution in [0.2, 0.25) is 0 Å². The SMILES string of the molecule is CCOC(=O)Cc1cc(C(F)(F)F)c(OC)nc1C(F)F. The van der Waals surface area contributed by atoms with Gasteiger partial charge in [0.15, 0.2) is 0 Å². The Morgan fingerprint density at radius 2 is 2.00 bits per heavy atom. The number of nitrogens with zero attached hydrogens (tertiary/aromatic N) is 1. The van der Waals surface area contributed by atoms with Crippen molar-refractivity contribution in [3.63, 3.8) is 0 Å². The lowest BCUT2D eigenvalue weighted by atomic mass is 10.1. The lowest BCUT2D eigenvalue weighted by molar-refractivity contribution is -0.143. The maximum atomic E-state index is 12.9. The standard InChI is InChI=1S/C12H12F5NO3/c1-3-21-8(19)5-6-4-7(12(15,16)17)11(20-2)18-9(6)10(13)14/h4,10H,3,5H2,1-2H3. The number of hydrogen-bond donors (Lipinski definition) is 0. The van der Waals surface area contributed by atoms with Crippen LogP contribution in [0.3, 0.4) is 0 Å². The number of aromatic nitrogens is 1. The highest BCUT2D eigenvalue weighted by atomic mass is 19.4. The topological polar surface area (TPSA) is 48.4 Å². The van der Waals surface area contributed by atoms with E-state index in [9.17, 15) is 26.7 Å². The Labute approximate surface area is 116 Å². The van der Waals surface area contributed by atoms with Crippen LogP contribution in [-0.4, -0.2) is 24.7 Å². The molecule has 1 aromatic rings. The van der Waals surface area contributed by atoms with Gasteiger partial charge < -0.3 is 9.47 Å². The van der Waals surface area contributed by atoms with E-state index in [4.69, 9.17) is 0 Å². The monoisotopic (exact) mass is 313 g/mol. The van der Waals surface area contributed by atoms with Crippen LogP contribution in [0.1, 0.15) is 30.2 Å². The average Bonchev–Trinajstić information content (AvgIpc) is 2.37. The third kappa shape index (κ3) is 4.27. The molecular weight excluding hydrogens is 301 g/mol. The zero-order valence-electron chi connectivity index (χ0n) is 11.1. The fourth-order valence-electron chi connectivity index (χ4n) is 1.61. The Hall–Kier alpha value is -1.93. The molecule has 1 aromatic heterocycles. The Balaban J connectivity index is 3.35. The van der Waals surface area contributed by atoms with Crippen LogP contribution in [0, 0.1) is 0 Å². The summed E-state index contributed by atoms with van der Waals surface area (Å²) in [4.78, 5) is 14.5. The van der Waals surface area contributed by atoms with Gasteiger partial charge >= 0.3 is 12.1 Å². The van der Waals surface area contributed by atoms with Crippen molar-refractivity contribution in [1.82, 2.24) is 4.98 Å². The number of pyridine rings is 1. The summed E-state index contributed by atoms with van der Waals surface area (Å²) in [5.41, 5.74) is -2.81. The number of methoxy groups -OCH3 is 1. The lowest BCUT2D eigenvalue weighted by Crippen LogP contribution is -2.15. The van der Waals surface area contributed by atoms with Gasteiger partial charge in [-0.15, -0.1) is 0 Å². The zero-order chi connectivity index (χ0) is 16.2. The van der Waals surface area contributed by atoms with E-state index >= 15 is 0 Å². The Morgan fingerprint density at radius 1 is 1.38 bits per heavy atom. The van der Waals surface area contributed by atoms with Crippen LogP contribution in [-0.2, 0) is 22.1 Å². The number of alkyl halides is 5. The molecule has 0 aliphatic heterocycles. The van der Waals surface area contributed by atoms with Gasteiger partial charge in [-0.05, 0) is 18.6 Å². The predicted octanol–water partition coefficient (Wildman–Crippen LogP) is 3.15. The van der Waals surface area contributed by atoms with Crippen LogP contribution < -0.4 is 4.74 Å². The average molecular weight is 313 g/mol. The molecule has 0 spiro atoms. The number of halogens is 5. The lowest BCUT2D eigenvalue weighted by Gasteiger charge is -2.15. The smallest absolute Gasteiger partial charge is 0.421 e. The van der Waals surface area contributed by atoms with E-state index < -0.39 is 47.7 Å². The van der Waals surface area contributed by atoms with Gasteiger partial charge in [0.05, 0.1) is 20.1 Å². The first kappa shape index (κ1) is 17.1. The second kappa shape index (κ2) is 6.68. The molecule has 9 heteroatoms. The Kier molecular flexibility index (Phi) is 5.45. The number of carbonyl (C=O) groups excluding carboxylic acids is 1. The number of hydrogen-bond acceptors (Lipinski definition) is 4. The second-order valence-corrected chi connectivity index (χ2v) is 3.87. The van der Waals surface area contributed by atoms with Gasteiger partial charge in [-0.3, -0.25) is 4.79 Å². The van der Waals surface area contributed by atoms with E-state index in [0.717, 1.165) is 7.11 Å². The maximum absolute atomic E-state index is 12.9. The van der Waals surface area contributed by atoms with Crippen LogP contribution >= 0.6 is 0 Å². The fourth-order valence-corrected chi connectivity index (χ4v) is 1.61. The number of carbonyl (C=O) groups is 1. The molecule has 0 unspecified atom stereocenters. The van der Waals surface area contributed by atoms with Crippen molar-refractivity contribution in [2.24, 2.45) is 0 Å². The van der Waals surface area contributed by atoms with E-state index in [0.29, 0.717) is 6.07 Å². The first-order valence-corrected chi connectivity index (χ1v) is 5.79. The van der Waals surface area contributed by atoms with E-state index in [-0.39, 0.29) is 6.61 Å². The highest BCUT2D eigenvalue weighted by Gasteiger charge is 2.37. The third-order valence-corrected chi connectivity index (χ3v) is 2.45. The van der Waals surface area contributed by atoms with E-state index in [1.165, 1.54) is 6.92 Å². The summed E-state index contributed by atoms with van der Waals surface area (Å²) in [7, 11) is 0.887. The molecule has 1 rings (SSSR count). The van der Waals surface area contributed by atoms with Gasteiger partial charge in [0.1, 0.15) is 11.3 Å². The second-order valence-electron chi connectivity index (χ2n) is 3.87. The predicted molar refractivity (Wildman–Crippen MR) is 61.1 cm³/mol. The summed E-state index contributed by atoms with van der Waals surface area (Å²) < 4.78 is 73.1. The number of rotatable bonds is 5. The van der Waals surface area contributed by atoms with Crippen LogP contribution in [0.25, 0.3) is 0 Å².